The summed E-state index contributed by atoms with van der Waals surface area (Å²) in [6.45, 7) is 0. The summed E-state index contributed by atoms with van der Waals surface area (Å²) >= 11 is 1.05. The van der Waals surface area contributed by atoms with Gasteiger partial charge in [0.25, 0.3) is 0 Å². The Labute approximate surface area is 148 Å². The molecule has 0 atom stereocenters. The second kappa shape index (κ2) is 8.26. The fourth-order valence-electron chi connectivity index (χ4n) is 1.87. The summed E-state index contributed by atoms with van der Waals surface area (Å²) in [6, 6.07) is 8.96. The molecule has 26 heavy (non-hydrogen) atoms. The van der Waals surface area contributed by atoms with E-state index in [0.717, 1.165) is 17.3 Å². The predicted octanol–water partition coefficient (Wildman–Crippen LogP) is 4.70. The molecule has 0 aromatic heterocycles. The molecule has 2 rings (SSSR count). The van der Waals surface area contributed by atoms with Gasteiger partial charge in [0.2, 0.25) is 0 Å². The van der Waals surface area contributed by atoms with Gasteiger partial charge in [-0.3, -0.25) is 0 Å². The van der Waals surface area contributed by atoms with Crippen LogP contribution in [0.3, 0.4) is 0 Å². The van der Waals surface area contributed by atoms with Gasteiger partial charge in [-0.1, -0.05) is 42.1 Å². The third kappa shape index (κ3) is 5.01. The number of nitrogens with zero attached hydrogens (tertiary/aromatic N) is 2. The van der Waals surface area contributed by atoms with Crippen molar-refractivity contribution < 1.29 is 26.3 Å². The first-order valence-corrected chi connectivity index (χ1v) is 7.96. The van der Waals surface area contributed by atoms with E-state index < -0.39 is 34.8 Å². The molecule has 2 N–H and O–H groups in total. The fourth-order valence-corrected chi connectivity index (χ4v) is 2.49. The van der Waals surface area contributed by atoms with Crippen LogP contribution in [0.4, 0.5) is 26.3 Å². The van der Waals surface area contributed by atoms with Crippen LogP contribution < -0.4 is 5.73 Å². The van der Waals surface area contributed by atoms with Crippen LogP contribution in [0.25, 0.3) is 0 Å². The molecular weight excluding hydrogens is 380 g/mol. The SMILES string of the molecule is NC(=NN=Cc1c(C(F)(F)F)cc(F)c(F)c1F)SCc1ccccc1. The lowest BCUT2D eigenvalue weighted by Gasteiger charge is -2.11. The third-order valence-electron chi connectivity index (χ3n) is 3.08. The zero-order valence-corrected chi connectivity index (χ0v) is 13.7. The number of benzene rings is 2. The molecular formula is C16H11F6N3S. The lowest BCUT2D eigenvalue weighted by atomic mass is 10.1. The van der Waals surface area contributed by atoms with Crippen LogP contribution in [0, 0.1) is 17.5 Å². The van der Waals surface area contributed by atoms with Crippen molar-refractivity contribution in [3.05, 3.63) is 70.5 Å². The second-order valence-corrected chi connectivity index (χ2v) is 5.90. The van der Waals surface area contributed by atoms with Gasteiger partial charge in [0, 0.05) is 11.3 Å². The summed E-state index contributed by atoms with van der Waals surface area (Å²) in [5.41, 5.74) is 3.50. The lowest BCUT2D eigenvalue weighted by molar-refractivity contribution is -0.138. The second-order valence-electron chi connectivity index (χ2n) is 4.90. The van der Waals surface area contributed by atoms with Gasteiger partial charge in [-0.25, -0.2) is 13.2 Å². The molecule has 0 saturated carbocycles. The van der Waals surface area contributed by atoms with Crippen LogP contribution in [0.1, 0.15) is 16.7 Å². The van der Waals surface area contributed by atoms with E-state index in [0.29, 0.717) is 12.0 Å². The van der Waals surface area contributed by atoms with Crippen LogP contribution in [-0.4, -0.2) is 11.4 Å². The molecule has 0 aliphatic rings. The van der Waals surface area contributed by atoms with Gasteiger partial charge in [0.05, 0.1) is 11.8 Å². The number of thioether (sulfide) groups is 1. The van der Waals surface area contributed by atoms with Gasteiger partial charge in [0.15, 0.2) is 22.6 Å². The smallest absolute Gasteiger partial charge is 0.377 e. The number of hydrogen-bond acceptors (Lipinski definition) is 3. The summed E-state index contributed by atoms with van der Waals surface area (Å²) in [5.74, 6) is -5.56. The molecule has 138 valence electrons. The minimum atomic E-state index is -5.10. The number of rotatable bonds is 4. The number of nitrogens with two attached hydrogens (primary N) is 1. The van der Waals surface area contributed by atoms with E-state index in [-0.39, 0.29) is 11.2 Å². The summed E-state index contributed by atoms with van der Waals surface area (Å²) in [7, 11) is 0. The maximum atomic E-state index is 13.7. The van der Waals surface area contributed by atoms with Crippen molar-refractivity contribution in [2.24, 2.45) is 15.9 Å². The molecule has 10 heteroatoms. The van der Waals surface area contributed by atoms with Crippen LogP contribution >= 0.6 is 11.8 Å². The van der Waals surface area contributed by atoms with Crippen LogP contribution in [-0.2, 0) is 11.9 Å². The molecule has 0 radical (unpaired) electrons. The normalized spacial score (nSPS) is 12.8. The van der Waals surface area contributed by atoms with Gasteiger partial charge in [0.1, 0.15) is 0 Å². The van der Waals surface area contributed by atoms with E-state index in [1.165, 1.54) is 0 Å². The molecule has 0 aliphatic carbocycles. The quantitative estimate of drug-likeness (QED) is 0.270. The minimum absolute atomic E-state index is 0.0957. The molecule has 0 unspecified atom stereocenters. The van der Waals surface area contributed by atoms with Gasteiger partial charge in [-0.05, 0) is 11.6 Å². The van der Waals surface area contributed by atoms with E-state index in [2.05, 4.69) is 10.2 Å². The molecule has 2 aromatic rings. The number of halogens is 6. The molecule has 0 saturated heterocycles. The first-order chi connectivity index (χ1) is 12.2. The Morgan fingerprint density at radius 3 is 2.35 bits per heavy atom. The summed E-state index contributed by atoms with van der Waals surface area (Å²) in [5, 5.41) is 6.58. The highest BCUT2D eigenvalue weighted by Gasteiger charge is 2.36. The predicted molar refractivity (Wildman–Crippen MR) is 88.3 cm³/mol. The Morgan fingerprint density at radius 1 is 1.08 bits per heavy atom. The largest absolute Gasteiger partial charge is 0.417 e. The standard InChI is InChI=1S/C16H11F6N3S/c17-12-6-11(16(20,21)22)10(13(18)14(12)19)7-24-25-15(23)26-8-9-4-2-1-3-5-9/h1-7H,8H2,(H2,23,25). The first-order valence-electron chi connectivity index (χ1n) is 6.98. The Morgan fingerprint density at radius 2 is 1.73 bits per heavy atom. The number of amidine groups is 1. The first kappa shape index (κ1) is 19.8. The van der Waals surface area contributed by atoms with Crippen LogP contribution in [0.15, 0.2) is 46.6 Å². The summed E-state index contributed by atoms with van der Waals surface area (Å²) in [6.07, 6.45) is -4.76. The molecule has 0 amide bonds. The number of hydrogen-bond donors (Lipinski definition) is 1. The van der Waals surface area contributed by atoms with E-state index in [4.69, 9.17) is 5.73 Å². The van der Waals surface area contributed by atoms with E-state index >= 15 is 0 Å². The average molecular weight is 391 g/mol. The zero-order chi connectivity index (χ0) is 19.3. The van der Waals surface area contributed by atoms with Crippen molar-refractivity contribution in [3.63, 3.8) is 0 Å². The molecule has 0 heterocycles. The highest BCUT2D eigenvalue weighted by atomic mass is 32.2. The molecule has 0 fully saturated rings. The topological polar surface area (TPSA) is 50.7 Å². The third-order valence-corrected chi connectivity index (χ3v) is 3.93. The maximum Gasteiger partial charge on any atom is 0.417 e. The summed E-state index contributed by atoms with van der Waals surface area (Å²) < 4.78 is 78.5. The average Bonchev–Trinajstić information content (AvgIpc) is 2.59. The fraction of sp³-hybridized carbons (Fsp3) is 0.125. The van der Waals surface area contributed by atoms with Crippen molar-refractivity contribution in [1.29, 1.82) is 0 Å². The molecule has 2 aromatic carbocycles. The Hall–Kier alpha value is -2.49. The van der Waals surface area contributed by atoms with Gasteiger partial charge in [-0.2, -0.15) is 18.3 Å². The molecule has 3 nitrogen and oxygen atoms in total. The van der Waals surface area contributed by atoms with Gasteiger partial charge >= 0.3 is 6.18 Å². The Balaban J connectivity index is 2.20. The van der Waals surface area contributed by atoms with Crippen molar-refractivity contribution in [2.75, 3.05) is 0 Å². The van der Waals surface area contributed by atoms with Gasteiger partial charge < -0.3 is 5.73 Å². The van der Waals surface area contributed by atoms with E-state index in [1.54, 1.807) is 0 Å². The highest BCUT2D eigenvalue weighted by molar-refractivity contribution is 8.13. The van der Waals surface area contributed by atoms with Crippen molar-refractivity contribution in [3.8, 4) is 0 Å². The minimum Gasteiger partial charge on any atom is -0.377 e. The molecule has 0 bridgehead atoms. The van der Waals surface area contributed by atoms with Crippen LogP contribution in [0.5, 0.6) is 0 Å². The van der Waals surface area contributed by atoms with Crippen LogP contribution in [0.2, 0.25) is 0 Å². The molecule has 0 spiro atoms. The van der Waals surface area contributed by atoms with E-state index in [1.807, 2.05) is 30.3 Å². The number of alkyl halides is 3. The zero-order valence-electron chi connectivity index (χ0n) is 12.9. The summed E-state index contributed by atoms with van der Waals surface area (Å²) in [4.78, 5) is 0. The maximum absolute atomic E-state index is 13.7. The van der Waals surface area contributed by atoms with Crippen molar-refractivity contribution >= 4 is 23.1 Å². The Bertz CT molecular complexity index is 834. The highest BCUT2D eigenvalue weighted by Crippen LogP contribution is 2.34. The van der Waals surface area contributed by atoms with Crippen molar-refractivity contribution in [2.45, 2.75) is 11.9 Å². The Kier molecular flexibility index (Phi) is 6.30. The van der Waals surface area contributed by atoms with E-state index in [9.17, 15) is 26.3 Å². The molecule has 0 aliphatic heterocycles. The van der Waals surface area contributed by atoms with Crippen molar-refractivity contribution in [1.82, 2.24) is 0 Å². The van der Waals surface area contributed by atoms with Gasteiger partial charge in [-0.15, -0.1) is 5.10 Å². The monoisotopic (exact) mass is 391 g/mol. The lowest BCUT2D eigenvalue weighted by Crippen LogP contribution is -2.13.